The van der Waals surface area contributed by atoms with E-state index < -0.39 is 0 Å². The number of fused-ring (bicyclic) bond motifs is 1. The van der Waals surface area contributed by atoms with Crippen molar-refractivity contribution in [2.24, 2.45) is 0 Å². The Morgan fingerprint density at radius 2 is 1.96 bits per heavy atom. The molecule has 5 heteroatoms. The largest absolute Gasteiger partial charge is 0.373 e. The predicted octanol–water partition coefficient (Wildman–Crippen LogP) is 2.71. The summed E-state index contributed by atoms with van der Waals surface area (Å²) in [7, 11) is 0. The Kier molecular flexibility index (Phi) is 5.16. The number of hydrogen-bond donors (Lipinski definition) is 2. The van der Waals surface area contributed by atoms with Crippen LogP contribution in [-0.2, 0) is 16.0 Å². The van der Waals surface area contributed by atoms with Gasteiger partial charge in [-0.2, -0.15) is 0 Å². The van der Waals surface area contributed by atoms with E-state index in [4.69, 9.17) is 4.74 Å². The van der Waals surface area contributed by atoms with Crippen LogP contribution in [-0.4, -0.2) is 53.2 Å². The summed E-state index contributed by atoms with van der Waals surface area (Å²) >= 11 is 0. The van der Waals surface area contributed by atoms with Crippen molar-refractivity contribution in [2.45, 2.75) is 51.9 Å². The monoisotopic (exact) mass is 343 g/mol. The number of amides is 1. The SMILES string of the molecule is C[C@@H]1CN(C(C)(C)CNC(=O)Cc2c[nH]c3ccccc23)C[C@H](C)O1. The number of carbonyl (C=O) groups excluding carboxylic acids is 1. The van der Waals surface area contributed by atoms with Gasteiger partial charge in [0.05, 0.1) is 18.6 Å². The Balaban J connectivity index is 1.58. The molecule has 0 unspecified atom stereocenters. The predicted molar refractivity (Wildman–Crippen MR) is 101 cm³/mol. The van der Waals surface area contributed by atoms with Crippen molar-refractivity contribution < 1.29 is 9.53 Å². The topological polar surface area (TPSA) is 57.4 Å². The molecule has 1 amide bonds. The smallest absolute Gasteiger partial charge is 0.224 e. The summed E-state index contributed by atoms with van der Waals surface area (Å²) in [6, 6.07) is 8.08. The van der Waals surface area contributed by atoms with Gasteiger partial charge in [-0.05, 0) is 39.3 Å². The zero-order chi connectivity index (χ0) is 18.0. The molecular formula is C20H29N3O2. The van der Waals surface area contributed by atoms with Crippen LogP contribution in [0.15, 0.2) is 30.5 Å². The third kappa shape index (κ3) is 4.22. The number of H-pyrrole nitrogens is 1. The van der Waals surface area contributed by atoms with E-state index in [0.29, 0.717) is 13.0 Å². The molecule has 25 heavy (non-hydrogen) atoms. The Labute approximate surface area is 149 Å². The highest BCUT2D eigenvalue weighted by Gasteiger charge is 2.33. The summed E-state index contributed by atoms with van der Waals surface area (Å²) in [5.74, 6) is 0.0622. The first-order valence-corrected chi connectivity index (χ1v) is 9.07. The molecule has 0 radical (unpaired) electrons. The third-order valence-corrected chi connectivity index (χ3v) is 5.02. The van der Waals surface area contributed by atoms with Crippen molar-refractivity contribution in [3.8, 4) is 0 Å². The summed E-state index contributed by atoms with van der Waals surface area (Å²) in [5.41, 5.74) is 2.02. The van der Waals surface area contributed by atoms with Gasteiger partial charge in [0.25, 0.3) is 0 Å². The van der Waals surface area contributed by atoms with Crippen molar-refractivity contribution in [3.05, 3.63) is 36.0 Å². The number of hydrogen-bond acceptors (Lipinski definition) is 3. The fourth-order valence-electron chi connectivity index (χ4n) is 3.61. The number of aromatic amines is 1. The van der Waals surface area contributed by atoms with Crippen molar-refractivity contribution in [3.63, 3.8) is 0 Å². The van der Waals surface area contributed by atoms with Gasteiger partial charge in [-0.15, -0.1) is 0 Å². The van der Waals surface area contributed by atoms with Crippen molar-refractivity contribution >= 4 is 16.8 Å². The molecule has 2 atom stereocenters. The lowest BCUT2D eigenvalue weighted by molar-refractivity contribution is -0.122. The molecule has 2 aromatic rings. The fourth-order valence-corrected chi connectivity index (χ4v) is 3.61. The normalized spacial score (nSPS) is 22.2. The molecule has 1 aliphatic rings. The van der Waals surface area contributed by atoms with Gasteiger partial charge >= 0.3 is 0 Å². The molecule has 2 N–H and O–H groups in total. The van der Waals surface area contributed by atoms with Crippen LogP contribution in [0.3, 0.4) is 0 Å². The van der Waals surface area contributed by atoms with Crippen molar-refractivity contribution in [1.82, 2.24) is 15.2 Å². The van der Waals surface area contributed by atoms with Gasteiger partial charge in [-0.3, -0.25) is 9.69 Å². The molecule has 0 spiro atoms. The molecule has 1 aromatic carbocycles. The number of carbonyl (C=O) groups is 1. The van der Waals surface area contributed by atoms with Crippen LogP contribution in [0.4, 0.5) is 0 Å². The molecule has 0 saturated carbocycles. The maximum Gasteiger partial charge on any atom is 0.224 e. The lowest BCUT2D eigenvalue weighted by Gasteiger charge is -2.45. The second kappa shape index (κ2) is 7.18. The van der Waals surface area contributed by atoms with Gasteiger partial charge in [0, 0.05) is 42.3 Å². The quantitative estimate of drug-likeness (QED) is 0.878. The van der Waals surface area contributed by atoms with Crippen LogP contribution in [0, 0.1) is 0 Å². The van der Waals surface area contributed by atoms with Crippen LogP contribution in [0.25, 0.3) is 10.9 Å². The zero-order valence-electron chi connectivity index (χ0n) is 15.6. The molecular weight excluding hydrogens is 314 g/mol. The van der Waals surface area contributed by atoms with Crippen LogP contribution in [0.5, 0.6) is 0 Å². The van der Waals surface area contributed by atoms with E-state index in [1.807, 2.05) is 24.4 Å². The number of nitrogens with zero attached hydrogens (tertiary/aromatic N) is 1. The molecule has 1 fully saturated rings. The zero-order valence-corrected chi connectivity index (χ0v) is 15.6. The maximum atomic E-state index is 12.4. The van der Waals surface area contributed by atoms with E-state index in [-0.39, 0.29) is 23.7 Å². The van der Waals surface area contributed by atoms with E-state index in [2.05, 4.69) is 49.0 Å². The van der Waals surface area contributed by atoms with E-state index >= 15 is 0 Å². The van der Waals surface area contributed by atoms with Gasteiger partial charge in [0.15, 0.2) is 0 Å². The Bertz CT molecular complexity index is 727. The number of morpholine rings is 1. The summed E-state index contributed by atoms with van der Waals surface area (Å²) in [4.78, 5) is 18.1. The van der Waals surface area contributed by atoms with Gasteiger partial charge in [0.1, 0.15) is 0 Å². The number of rotatable bonds is 5. The minimum atomic E-state index is -0.0951. The second-order valence-electron chi connectivity index (χ2n) is 7.79. The lowest BCUT2D eigenvalue weighted by atomic mass is 10.00. The van der Waals surface area contributed by atoms with E-state index in [0.717, 1.165) is 29.6 Å². The Morgan fingerprint density at radius 1 is 1.28 bits per heavy atom. The highest BCUT2D eigenvalue weighted by Crippen LogP contribution is 2.21. The van der Waals surface area contributed by atoms with Crippen LogP contribution >= 0.6 is 0 Å². The summed E-state index contributed by atoms with van der Waals surface area (Å²) < 4.78 is 5.82. The number of benzene rings is 1. The average molecular weight is 343 g/mol. The fraction of sp³-hybridized carbons (Fsp3) is 0.550. The van der Waals surface area contributed by atoms with Gasteiger partial charge in [-0.1, -0.05) is 18.2 Å². The average Bonchev–Trinajstić information content (AvgIpc) is 2.95. The number of nitrogens with one attached hydrogen (secondary N) is 2. The van der Waals surface area contributed by atoms with E-state index in [1.54, 1.807) is 0 Å². The Morgan fingerprint density at radius 3 is 2.68 bits per heavy atom. The minimum absolute atomic E-state index is 0.0622. The summed E-state index contributed by atoms with van der Waals surface area (Å²) in [5, 5.41) is 4.24. The highest BCUT2D eigenvalue weighted by molar-refractivity contribution is 5.88. The molecule has 1 saturated heterocycles. The number of ether oxygens (including phenoxy) is 1. The van der Waals surface area contributed by atoms with Gasteiger partial charge < -0.3 is 15.0 Å². The first-order chi connectivity index (χ1) is 11.8. The molecule has 1 aromatic heterocycles. The summed E-state index contributed by atoms with van der Waals surface area (Å²) in [6.07, 6.45) is 2.78. The standard InChI is InChI=1S/C20H29N3O2/c1-14-11-23(12-15(2)25-14)20(3,4)13-22-19(24)9-16-10-21-18-8-6-5-7-17(16)18/h5-8,10,14-15,21H,9,11-13H2,1-4H3,(H,22,24)/t14-,15+. The molecule has 1 aliphatic heterocycles. The highest BCUT2D eigenvalue weighted by atomic mass is 16.5. The maximum absolute atomic E-state index is 12.4. The minimum Gasteiger partial charge on any atom is -0.373 e. The number of aromatic nitrogens is 1. The van der Waals surface area contributed by atoms with E-state index in [9.17, 15) is 4.79 Å². The third-order valence-electron chi connectivity index (χ3n) is 5.02. The van der Waals surface area contributed by atoms with Crippen LogP contribution in [0.2, 0.25) is 0 Å². The molecule has 0 bridgehead atoms. The van der Waals surface area contributed by atoms with Crippen molar-refractivity contribution in [1.29, 1.82) is 0 Å². The van der Waals surface area contributed by atoms with Gasteiger partial charge in [0.2, 0.25) is 5.91 Å². The number of para-hydroxylation sites is 1. The van der Waals surface area contributed by atoms with Gasteiger partial charge in [-0.25, -0.2) is 0 Å². The van der Waals surface area contributed by atoms with Crippen molar-refractivity contribution in [2.75, 3.05) is 19.6 Å². The first kappa shape index (κ1) is 18.0. The molecule has 136 valence electrons. The van der Waals surface area contributed by atoms with Crippen LogP contribution < -0.4 is 5.32 Å². The molecule has 2 heterocycles. The molecule has 0 aliphatic carbocycles. The Hall–Kier alpha value is -1.85. The van der Waals surface area contributed by atoms with E-state index in [1.165, 1.54) is 0 Å². The summed E-state index contributed by atoms with van der Waals surface area (Å²) in [6.45, 7) is 11.0. The molecule has 3 rings (SSSR count). The van der Waals surface area contributed by atoms with Crippen LogP contribution in [0.1, 0.15) is 33.3 Å². The molecule has 5 nitrogen and oxygen atoms in total. The first-order valence-electron chi connectivity index (χ1n) is 9.07. The lowest BCUT2D eigenvalue weighted by Crippen LogP contribution is -2.58. The second-order valence-corrected chi connectivity index (χ2v) is 7.79.